The third-order valence-corrected chi connectivity index (χ3v) is 4.96. The first kappa shape index (κ1) is 11.6. The van der Waals surface area contributed by atoms with Crippen LogP contribution in [-0.2, 0) is 16.4 Å². The molecule has 0 saturated heterocycles. The molecule has 2 rings (SSSR count). The number of fused-ring (bicyclic) bond motifs is 1. The van der Waals surface area contributed by atoms with Crippen molar-refractivity contribution in [1.82, 2.24) is 0 Å². The molecule has 2 heterocycles. The molecule has 0 saturated carbocycles. The van der Waals surface area contributed by atoms with Crippen LogP contribution in [0.15, 0.2) is 14.7 Å². The summed E-state index contributed by atoms with van der Waals surface area (Å²) in [5.74, 6) is 0.604. The molecule has 1 aromatic heterocycles. The number of hydrogen-bond donors (Lipinski definition) is 1. The number of sulfonamides is 1. The van der Waals surface area contributed by atoms with Gasteiger partial charge in [-0.3, -0.25) is 0 Å². The second kappa shape index (κ2) is 3.85. The molecule has 6 heteroatoms. The summed E-state index contributed by atoms with van der Waals surface area (Å²) in [4.78, 5) is 0.365. The maximum atomic E-state index is 12.0. The summed E-state index contributed by atoms with van der Waals surface area (Å²) in [7, 11) is -3.50. The molecular formula is C10H14N2O2S2. The largest absolute Gasteiger partial charge is 0.333 e. The molecule has 1 aliphatic rings. The van der Waals surface area contributed by atoms with E-state index < -0.39 is 10.0 Å². The minimum absolute atomic E-state index is 0.0788. The molecule has 0 aromatic carbocycles. The normalized spacial score (nSPS) is 17.9. The maximum Gasteiger partial charge on any atom is 0.287 e. The van der Waals surface area contributed by atoms with Crippen LogP contribution in [0, 0.1) is 5.92 Å². The first-order chi connectivity index (χ1) is 7.45. The van der Waals surface area contributed by atoms with Crippen LogP contribution in [0.25, 0.3) is 0 Å². The van der Waals surface area contributed by atoms with E-state index in [9.17, 15) is 8.42 Å². The molecule has 0 atom stereocenters. The average molecular weight is 258 g/mol. The van der Waals surface area contributed by atoms with Gasteiger partial charge in [0.05, 0.1) is 0 Å². The van der Waals surface area contributed by atoms with Crippen LogP contribution in [0.4, 0.5) is 5.00 Å². The minimum atomic E-state index is -3.50. The van der Waals surface area contributed by atoms with Gasteiger partial charge >= 0.3 is 0 Å². The smallest absolute Gasteiger partial charge is 0.287 e. The number of amidine groups is 1. The monoisotopic (exact) mass is 258 g/mol. The van der Waals surface area contributed by atoms with Gasteiger partial charge in [-0.2, -0.15) is 8.42 Å². The molecule has 4 nitrogen and oxygen atoms in total. The Morgan fingerprint density at radius 2 is 2.19 bits per heavy atom. The number of aryl methyl sites for hydroxylation is 1. The molecule has 88 valence electrons. The molecule has 1 aliphatic heterocycles. The summed E-state index contributed by atoms with van der Waals surface area (Å²) in [5, 5.41) is 5.68. The van der Waals surface area contributed by atoms with E-state index >= 15 is 0 Å². The Kier molecular flexibility index (Phi) is 2.79. The minimum Gasteiger partial charge on any atom is -0.333 e. The zero-order valence-corrected chi connectivity index (χ0v) is 11.1. The van der Waals surface area contributed by atoms with Gasteiger partial charge in [0.15, 0.2) is 0 Å². The van der Waals surface area contributed by atoms with Crippen molar-refractivity contribution in [2.45, 2.75) is 32.1 Å². The Bertz CT molecular complexity index is 541. The summed E-state index contributed by atoms with van der Waals surface area (Å²) < 4.78 is 27.8. The van der Waals surface area contributed by atoms with Crippen LogP contribution in [-0.4, -0.2) is 14.3 Å². The van der Waals surface area contributed by atoms with Crippen molar-refractivity contribution in [3.05, 3.63) is 10.9 Å². The lowest BCUT2D eigenvalue weighted by atomic mass is 10.2. The molecule has 0 fully saturated rings. The van der Waals surface area contributed by atoms with Crippen molar-refractivity contribution >= 4 is 32.2 Å². The van der Waals surface area contributed by atoms with Gasteiger partial charge < -0.3 is 5.32 Å². The van der Waals surface area contributed by atoms with Crippen molar-refractivity contribution in [3.63, 3.8) is 0 Å². The quantitative estimate of drug-likeness (QED) is 0.886. The second-order valence-corrected chi connectivity index (χ2v) is 6.42. The first-order valence-electron chi connectivity index (χ1n) is 5.18. The number of thiophene rings is 1. The fourth-order valence-electron chi connectivity index (χ4n) is 1.56. The Morgan fingerprint density at radius 1 is 1.50 bits per heavy atom. The van der Waals surface area contributed by atoms with Gasteiger partial charge in [0.1, 0.15) is 15.7 Å². The summed E-state index contributed by atoms with van der Waals surface area (Å²) in [6, 6.07) is 0. The van der Waals surface area contributed by atoms with Gasteiger partial charge in [-0.1, -0.05) is 20.8 Å². The highest BCUT2D eigenvalue weighted by Gasteiger charge is 2.29. The Balaban J connectivity index is 2.59. The highest BCUT2D eigenvalue weighted by atomic mass is 32.2. The zero-order chi connectivity index (χ0) is 11.9. The molecule has 0 bridgehead atoms. The Hall–Kier alpha value is -0.880. The van der Waals surface area contributed by atoms with Gasteiger partial charge in [-0.05, 0) is 17.4 Å². The standard InChI is InChI=1S/C10H14N2O2S2/c1-4-7-5-15-10-8(7)16(13,14)12-9(11-10)6(2)3/h5-6H,4H2,1-3H3,(H,11,12). The van der Waals surface area contributed by atoms with Crippen LogP contribution in [0.2, 0.25) is 0 Å². The zero-order valence-electron chi connectivity index (χ0n) is 9.44. The van der Waals surface area contributed by atoms with E-state index in [1.165, 1.54) is 11.3 Å². The molecule has 0 amide bonds. The van der Waals surface area contributed by atoms with Gasteiger partial charge in [0, 0.05) is 5.92 Å². The van der Waals surface area contributed by atoms with E-state index in [-0.39, 0.29) is 5.92 Å². The van der Waals surface area contributed by atoms with Crippen LogP contribution >= 0.6 is 11.3 Å². The Morgan fingerprint density at radius 3 is 2.75 bits per heavy atom. The van der Waals surface area contributed by atoms with Crippen molar-refractivity contribution in [2.24, 2.45) is 10.3 Å². The van der Waals surface area contributed by atoms with Gasteiger partial charge in [0.25, 0.3) is 10.0 Å². The summed E-state index contributed by atoms with van der Waals surface area (Å²) in [6.07, 6.45) is 0.708. The first-order valence-corrected chi connectivity index (χ1v) is 7.50. The van der Waals surface area contributed by atoms with Crippen LogP contribution < -0.4 is 5.32 Å². The molecule has 0 aliphatic carbocycles. The molecule has 0 spiro atoms. The van der Waals surface area contributed by atoms with Crippen LogP contribution in [0.5, 0.6) is 0 Å². The van der Waals surface area contributed by atoms with Gasteiger partial charge in [0.2, 0.25) is 0 Å². The predicted octanol–water partition coefficient (Wildman–Crippen LogP) is 2.48. The van der Waals surface area contributed by atoms with E-state index in [0.717, 1.165) is 5.56 Å². The summed E-state index contributed by atoms with van der Waals surface area (Å²) in [5.41, 5.74) is 0.846. The van der Waals surface area contributed by atoms with Crippen molar-refractivity contribution in [3.8, 4) is 0 Å². The van der Waals surface area contributed by atoms with E-state index in [0.29, 0.717) is 22.2 Å². The number of rotatable bonds is 2. The highest BCUT2D eigenvalue weighted by Crippen LogP contribution is 2.37. The summed E-state index contributed by atoms with van der Waals surface area (Å²) >= 11 is 1.43. The van der Waals surface area contributed by atoms with Crippen LogP contribution in [0.1, 0.15) is 26.3 Å². The lowest BCUT2D eigenvalue weighted by Crippen LogP contribution is -2.25. The molecule has 16 heavy (non-hydrogen) atoms. The van der Waals surface area contributed by atoms with E-state index in [2.05, 4.69) is 9.71 Å². The summed E-state index contributed by atoms with van der Waals surface area (Å²) in [6.45, 7) is 5.78. The third-order valence-electron chi connectivity index (χ3n) is 2.46. The average Bonchev–Trinajstić information content (AvgIpc) is 2.60. The lowest BCUT2D eigenvalue weighted by Gasteiger charge is -2.17. The molecule has 0 radical (unpaired) electrons. The second-order valence-electron chi connectivity index (χ2n) is 4.00. The van der Waals surface area contributed by atoms with Gasteiger partial charge in [-0.25, -0.2) is 0 Å². The van der Waals surface area contributed by atoms with E-state index in [4.69, 9.17) is 0 Å². The van der Waals surface area contributed by atoms with Crippen molar-refractivity contribution in [1.29, 1.82) is 0 Å². The molecule has 0 unspecified atom stereocenters. The number of hydrogen-bond acceptors (Lipinski definition) is 4. The SMILES string of the molecule is CCc1csc2c1S(=O)(=O)N=C(C(C)C)N2. The molecule has 1 N–H and O–H groups in total. The third kappa shape index (κ3) is 1.76. The molecule has 1 aromatic rings. The molecular weight excluding hydrogens is 244 g/mol. The van der Waals surface area contributed by atoms with Gasteiger partial charge in [-0.15, -0.1) is 15.7 Å². The number of nitrogens with one attached hydrogen (secondary N) is 1. The lowest BCUT2D eigenvalue weighted by molar-refractivity contribution is 0.596. The van der Waals surface area contributed by atoms with Crippen molar-refractivity contribution < 1.29 is 8.42 Å². The highest BCUT2D eigenvalue weighted by molar-refractivity contribution is 7.90. The van der Waals surface area contributed by atoms with Crippen molar-refractivity contribution in [2.75, 3.05) is 5.32 Å². The van der Waals surface area contributed by atoms with Crippen LogP contribution in [0.3, 0.4) is 0 Å². The van der Waals surface area contributed by atoms with E-state index in [1.807, 2.05) is 26.2 Å². The fourth-order valence-corrected chi connectivity index (χ4v) is 4.47. The Labute approximate surface area is 99.5 Å². The topological polar surface area (TPSA) is 58.5 Å². The fraction of sp³-hybridized carbons (Fsp3) is 0.500. The number of anilines is 1. The maximum absolute atomic E-state index is 12.0. The predicted molar refractivity (Wildman–Crippen MR) is 66.8 cm³/mol. The number of nitrogens with zero attached hydrogens (tertiary/aromatic N) is 1. The van der Waals surface area contributed by atoms with E-state index in [1.54, 1.807) is 0 Å².